The number of allylic oxidation sites excluding steroid dienone is 1. The minimum Gasteiger partial charge on any atom is -0.420 e. The lowest BCUT2D eigenvalue weighted by Crippen LogP contribution is -2.22. The van der Waals surface area contributed by atoms with Gasteiger partial charge in [-0.15, -0.1) is 5.10 Å². The number of nitrogens with zero attached hydrogens (tertiary/aromatic N) is 3. The Labute approximate surface area is 122 Å². The van der Waals surface area contributed by atoms with Crippen molar-refractivity contribution in [2.75, 3.05) is 0 Å². The Morgan fingerprint density at radius 3 is 2.77 bits per heavy atom. The molecule has 6 nitrogen and oxygen atoms in total. The molecule has 0 radical (unpaired) electrons. The fourth-order valence-electron chi connectivity index (χ4n) is 2.34. The highest BCUT2D eigenvalue weighted by Gasteiger charge is 2.44. The molecule has 3 rings (SSSR count). The van der Waals surface area contributed by atoms with Gasteiger partial charge < -0.3 is 10.5 Å². The van der Waals surface area contributed by atoms with Gasteiger partial charge in [-0.25, -0.2) is 0 Å². The van der Waals surface area contributed by atoms with Gasteiger partial charge in [-0.1, -0.05) is 6.07 Å². The Balaban J connectivity index is 2.27. The average Bonchev–Trinajstić information content (AvgIpc) is 2.90. The van der Waals surface area contributed by atoms with E-state index < -0.39 is 17.8 Å². The number of nitrogens with one attached hydrogen (secondary N) is 1. The summed E-state index contributed by atoms with van der Waals surface area (Å²) in [5, 5.41) is 14.7. The van der Waals surface area contributed by atoms with Gasteiger partial charge in [0.25, 0.3) is 0 Å². The second-order valence-corrected chi connectivity index (χ2v) is 4.53. The number of aromatic amines is 1. The monoisotopic (exact) mass is 307 g/mol. The van der Waals surface area contributed by atoms with Gasteiger partial charge in [0.15, 0.2) is 0 Å². The summed E-state index contributed by atoms with van der Waals surface area (Å²) in [4.78, 5) is 3.88. The molecule has 2 aromatic rings. The molecule has 1 aliphatic rings. The summed E-state index contributed by atoms with van der Waals surface area (Å²) in [5.74, 6) is -1.61. The summed E-state index contributed by atoms with van der Waals surface area (Å²) in [6.07, 6.45) is -1.82. The normalized spacial score (nSPS) is 17.6. The zero-order valence-corrected chi connectivity index (χ0v) is 10.8. The van der Waals surface area contributed by atoms with Gasteiger partial charge in [0.05, 0.1) is 11.5 Å². The molecule has 22 heavy (non-hydrogen) atoms. The summed E-state index contributed by atoms with van der Waals surface area (Å²) in [6.45, 7) is 0. The minimum absolute atomic E-state index is 0.118. The predicted molar refractivity (Wildman–Crippen MR) is 67.1 cm³/mol. The first-order chi connectivity index (χ1) is 10.4. The zero-order valence-electron chi connectivity index (χ0n) is 10.8. The number of hydrogen-bond acceptors (Lipinski definition) is 5. The Bertz CT molecular complexity index is 788. The van der Waals surface area contributed by atoms with Crippen molar-refractivity contribution in [1.82, 2.24) is 15.2 Å². The van der Waals surface area contributed by atoms with E-state index >= 15 is 0 Å². The number of fused-ring (bicyclic) bond motifs is 1. The summed E-state index contributed by atoms with van der Waals surface area (Å²) in [5.41, 5.74) is 4.55. The van der Waals surface area contributed by atoms with E-state index in [0.29, 0.717) is 5.56 Å². The van der Waals surface area contributed by atoms with Crippen LogP contribution in [0.3, 0.4) is 0 Å². The third kappa shape index (κ3) is 2.05. The molecule has 0 amide bonds. The van der Waals surface area contributed by atoms with Gasteiger partial charge in [-0.3, -0.25) is 10.1 Å². The molecule has 1 aliphatic heterocycles. The van der Waals surface area contributed by atoms with E-state index in [-0.39, 0.29) is 22.9 Å². The number of nitriles is 1. The van der Waals surface area contributed by atoms with E-state index in [9.17, 15) is 18.4 Å². The lowest BCUT2D eigenvalue weighted by atomic mass is 9.85. The van der Waals surface area contributed by atoms with Crippen LogP contribution in [0.1, 0.15) is 22.7 Å². The van der Waals surface area contributed by atoms with Gasteiger partial charge in [0.2, 0.25) is 11.8 Å². The largest absolute Gasteiger partial charge is 0.433 e. The average molecular weight is 307 g/mol. The van der Waals surface area contributed by atoms with Crippen LogP contribution in [0.2, 0.25) is 0 Å². The molecule has 3 heterocycles. The van der Waals surface area contributed by atoms with Crippen molar-refractivity contribution in [3.63, 3.8) is 0 Å². The number of pyridine rings is 1. The molecule has 1 unspecified atom stereocenters. The molecule has 3 N–H and O–H groups in total. The summed E-state index contributed by atoms with van der Waals surface area (Å²) < 4.78 is 44.5. The van der Waals surface area contributed by atoms with Crippen LogP contribution in [0.5, 0.6) is 5.88 Å². The van der Waals surface area contributed by atoms with E-state index in [1.807, 2.05) is 5.10 Å². The number of H-pyrrole nitrogens is 1. The van der Waals surface area contributed by atoms with Gasteiger partial charge in [0, 0.05) is 12.4 Å². The van der Waals surface area contributed by atoms with Crippen LogP contribution in [-0.2, 0) is 6.18 Å². The van der Waals surface area contributed by atoms with Crippen LogP contribution in [0.25, 0.3) is 0 Å². The maximum atomic E-state index is 13.2. The number of ether oxygens (including phenoxy) is 1. The third-order valence-corrected chi connectivity index (χ3v) is 3.24. The number of nitrogens with two attached hydrogens (primary N) is 1. The highest BCUT2D eigenvalue weighted by atomic mass is 19.4. The molecule has 0 spiro atoms. The van der Waals surface area contributed by atoms with E-state index in [1.54, 1.807) is 18.2 Å². The summed E-state index contributed by atoms with van der Waals surface area (Å²) in [7, 11) is 0. The van der Waals surface area contributed by atoms with Crippen molar-refractivity contribution in [1.29, 1.82) is 5.26 Å². The molecule has 0 aliphatic carbocycles. The van der Waals surface area contributed by atoms with Crippen molar-refractivity contribution in [2.45, 2.75) is 12.1 Å². The second kappa shape index (κ2) is 4.77. The number of halogens is 3. The van der Waals surface area contributed by atoms with Crippen molar-refractivity contribution in [2.24, 2.45) is 5.73 Å². The van der Waals surface area contributed by atoms with Gasteiger partial charge in [-0.05, 0) is 11.6 Å². The second-order valence-electron chi connectivity index (χ2n) is 4.53. The molecule has 0 saturated carbocycles. The Morgan fingerprint density at radius 2 is 2.18 bits per heavy atom. The van der Waals surface area contributed by atoms with E-state index in [4.69, 9.17) is 10.5 Å². The van der Waals surface area contributed by atoms with Crippen LogP contribution < -0.4 is 10.5 Å². The van der Waals surface area contributed by atoms with Gasteiger partial charge in [0.1, 0.15) is 17.3 Å². The van der Waals surface area contributed by atoms with Crippen LogP contribution >= 0.6 is 0 Å². The fourth-order valence-corrected chi connectivity index (χ4v) is 2.34. The molecule has 9 heteroatoms. The third-order valence-electron chi connectivity index (χ3n) is 3.24. The van der Waals surface area contributed by atoms with Crippen LogP contribution in [-0.4, -0.2) is 15.2 Å². The minimum atomic E-state index is -4.67. The van der Waals surface area contributed by atoms with Crippen molar-refractivity contribution >= 4 is 0 Å². The standard InChI is InChI=1S/C13H8F3N5O/c14-13(15,16)10-9-8(6-2-1-3-19-5-6)7(4-17)11(18)22-12(9)21-20-10/h1-3,5,8H,18H2,(H,20,21). The summed E-state index contributed by atoms with van der Waals surface area (Å²) >= 11 is 0. The molecular formula is C13H8F3N5O. The SMILES string of the molecule is N#CC1=C(N)Oc2n[nH]c(C(F)(F)F)c2C1c1cccnc1. The number of alkyl halides is 3. The molecule has 2 aromatic heterocycles. The molecule has 0 bridgehead atoms. The Morgan fingerprint density at radius 1 is 1.41 bits per heavy atom. The maximum absolute atomic E-state index is 13.2. The van der Waals surface area contributed by atoms with E-state index in [2.05, 4.69) is 10.1 Å². The predicted octanol–water partition coefficient (Wildman–Crippen LogP) is 2.04. The Kier molecular flexibility index (Phi) is 3.02. The van der Waals surface area contributed by atoms with Crippen molar-refractivity contribution < 1.29 is 17.9 Å². The first-order valence-electron chi connectivity index (χ1n) is 6.06. The first kappa shape index (κ1) is 13.9. The van der Waals surface area contributed by atoms with Crippen LogP contribution in [0.4, 0.5) is 13.2 Å². The van der Waals surface area contributed by atoms with Crippen molar-refractivity contribution in [3.05, 3.63) is 52.8 Å². The van der Waals surface area contributed by atoms with Crippen LogP contribution in [0.15, 0.2) is 36.0 Å². The van der Waals surface area contributed by atoms with E-state index in [0.717, 1.165) is 0 Å². The number of rotatable bonds is 1. The topological polar surface area (TPSA) is 101 Å². The van der Waals surface area contributed by atoms with Gasteiger partial charge >= 0.3 is 6.18 Å². The number of aromatic nitrogens is 3. The number of hydrogen-bond donors (Lipinski definition) is 2. The molecule has 112 valence electrons. The van der Waals surface area contributed by atoms with Crippen LogP contribution in [0, 0.1) is 11.3 Å². The van der Waals surface area contributed by atoms with E-state index in [1.165, 1.54) is 12.4 Å². The molecule has 0 aromatic carbocycles. The maximum Gasteiger partial charge on any atom is 0.433 e. The lowest BCUT2D eigenvalue weighted by Gasteiger charge is -2.24. The quantitative estimate of drug-likeness (QED) is 0.839. The summed E-state index contributed by atoms with van der Waals surface area (Å²) in [6, 6.07) is 4.92. The highest BCUT2D eigenvalue weighted by Crippen LogP contribution is 2.46. The Hall–Kier alpha value is -3.02. The molecular weight excluding hydrogens is 299 g/mol. The smallest absolute Gasteiger partial charge is 0.420 e. The molecule has 0 saturated heterocycles. The highest BCUT2D eigenvalue weighted by molar-refractivity contribution is 5.55. The van der Waals surface area contributed by atoms with Crippen molar-refractivity contribution in [3.8, 4) is 11.9 Å². The molecule has 1 atom stereocenters. The molecule has 0 fully saturated rings. The lowest BCUT2D eigenvalue weighted by molar-refractivity contribution is -0.141. The fraction of sp³-hybridized carbons (Fsp3) is 0.154. The first-order valence-corrected chi connectivity index (χ1v) is 6.06. The van der Waals surface area contributed by atoms with Gasteiger partial charge in [-0.2, -0.15) is 18.4 Å². The zero-order chi connectivity index (χ0) is 15.9.